The molecule has 5 rings (SSSR count). The summed E-state index contributed by atoms with van der Waals surface area (Å²) in [6, 6.07) is 8.11. The molecule has 0 unspecified atom stereocenters. The molecule has 0 atom stereocenters. The first-order valence-electron chi connectivity index (χ1n) is 15.0. The highest BCUT2D eigenvalue weighted by molar-refractivity contribution is 7.91. The Kier molecular flexibility index (Phi) is 9.52. The fraction of sp³-hybridized carbons (Fsp3) is 0.500. The van der Waals surface area contributed by atoms with Crippen LogP contribution in [0.3, 0.4) is 0 Å². The fourth-order valence-electron chi connectivity index (χ4n) is 6.39. The minimum atomic E-state index is -4.58. The average molecular weight is 634 g/mol. The van der Waals surface area contributed by atoms with Gasteiger partial charge in [0, 0.05) is 35.2 Å². The molecule has 3 aromatic rings. The lowest BCUT2D eigenvalue weighted by Crippen LogP contribution is -2.46. The zero-order valence-corrected chi connectivity index (χ0v) is 26.1. The number of benzene rings is 2. The van der Waals surface area contributed by atoms with Gasteiger partial charge in [-0.25, -0.2) is 18.2 Å². The molecule has 2 fully saturated rings. The van der Waals surface area contributed by atoms with Crippen LogP contribution < -0.4 is 4.74 Å². The summed E-state index contributed by atoms with van der Waals surface area (Å²) in [7, 11) is -1.22. The minimum Gasteiger partial charge on any atom is -0.495 e. The van der Waals surface area contributed by atoms with E-state index in [1.165, 1.54) is 64.7 Å². The van der Waals surface area contributed by atoms with Gasteiger partial charge in [0.2, 0.25) is 0 Å². The molecule has 0 saturated carbocycles. The molecular weight excluding hydrogens is 595 g/mol. The van der Waals surface area contributed by atoms with E-state index >= 15 is 0 Å². The van der Waals surface area contributed by atoms with E-state index in [0.29, 0.717) is 11.6 Å². The van der Waals surface area contributed by atoms with Crippen LogP contribution in [0.4, 0.5) is 13.2 Å². The Morgan fingerprint density at radius 1 is 1.02 bits per heavy atom. The summed E-state index contributed by atoms with van der Waals surface area (Å²) in [6.45, 7) is 5.40. The summed E-state index contributed by atoms with van der Waals surface area (Å²) in [5.41, 5.74) is 0.233. The minimum absolute atomic E-state index is 0.0326. The van der Waals surface area contributed by atoms with Crippen LogP contribution in [0.5, 0.6) is 5.75 Å². The number of halogens is 3. The van der Waals surface area contributed by atoms with E-state index < -0.39 is 27.5 Å². The monoisotopic (exact) mass is 633 g/mol. The highest BCUT2D eigenvalue weighted by atomic mass is 32.2. The summed E-state index contributed by atoms with van der Waals surface area (Å²) < 4.78 is 77.9. The molecule has 1 aromatic heterocycles. The summed E-state index contributed by atoms with van der Waals surface area (Å²) in [6.07, 6.45) is 0.943. The maximum absolute atomic E-state index is 13.8. The van der Waals surface area contributed by atoms with Gasteiger partial charge < -0.3 is 14.4 Å². The predicted molar refractivity (Wildman–Crippen MR) is 162 cm³/mol. The van der Waals surface area contributed by atoms with Crippen LogP contribution in [0.2, 0.25) is 0 Å². The molecule has 0 amide bonds. The molecule has 3 heterocycles. The van der Waals surface area contributed by atoms with Gasteiger partial charge in [-0.05, 0) is 70.1 Å². The van der Waals surface area contributed by atoms with Gasteiger partial charge in [-0.15, -0.1) is 0 Å². The van der Waals surface area contributed by atoms with Crippen LogP contribution in [-0.4, -0.2) is 81.4 Å². The van der Waals surface area contributed by atoms with E-state index in [0.717, 1.165) is 51.2 Å². The number of ether oxygens (including phenoxy) is 2. The second kappa shape index (κ2) is 13.0. The van der Waals surface area contributed by atoms with Crippen molar-refractivity contribution in [3.05, 3.63) is 53.1 Å². The Bertz CT molecular complexity index is 1630. The van der Waals surface area contributed by atoms with Crippen LogP contribution in [0, 0.1) is 0 Å². The topological polar surface area (TPSA) is 89.0 Å². The lowest BCUT2D eigenvalue weighted by Gasteiger charge is -2.40. The Balaban J connectivity index is 1.68. The number of methoxy groups -OCH3 is 2. The van der Waals surface area contributed by atoms with Crippen molar-refractivity contribution in [1.29, 1.82) is 0 Å². The number of pyridine rings is 1. The molecule has 2 saturated heterocycles. The van der Waals surface area contributed by atoms with E-state index in [1.54, 1.807) is 0 Å². The van der Waals surface area contributed by atoms with Crippen molar-refractivity contribution < 1.29 is 35.9 Å². The first-order valence-corrected chi connectivity index (χ1v) is 16.6. The van der Waals surface area contributed by atoms with E-state index in [4.69, 9.17) is 14.5 Å². The van der Waals surface area contributed by atoms with Crippen molar-refractivity contribution >= 4 is 26.7 Å². The summed E-state index contributed by atoms with van der Waals surface area (Å²) in [5, 5.41) is 0.235. The smallest absolute Gasteiger partial charge is 0.416 e. The first kappa shape index (κ1) is 32.2. The van der Waals surface area contributed by atoms with Crippen LogP contribution >= 0.6 is 0 Å². The number of nitrogens with zero attached hydrogens (tertiary/aromatic N) is 3. The van der Waals surface area contributed by atoms with Crippen LogP contribution in [0.25, 0.3) is 22.2 Å². The number of likely N-dealkylation sites (tertiary alicyclic amines) is 2. The Labute approximate surface area is 256 Å². The van der Waals surface area contributed by atoms with Crippen molar-refractivity contribution in [1.82, 2.24) is 14.8 Å². The van der Waals surface area contributed by atoms with Gasteiger partial charge in [-0.1, -0.05) is 25.5 Å². The maximum atomic E-state index is 13.8. The maximum Gasteiger partial charge on any atom is 0.416 e. The number of hydrogen-bond acceptors (Lipinski definition) is 8. The molecule has 0 aliphatic carbocycles. The SMILES string of the molecule is CCS(=O)(=O)c1cc2c(C(=O)OC)c(CN3CCC(N4CCCCC4)CC3)c(-c3cccc(C(F)(F)F)c3)nc2cc1OC. The van der Waals surface area contributed by atoms with Gasteiger partial charge >= 0.3 is 12.1 Å². The number of aromatic nitrogens is 1. The predicted octanol–water partition coefficient (Wildman–Crippen LogP) is 5.96. The zero-order valence-electron chi connectivity index (χ0n) is 25.2. The van der Waals surface area contributed by atoms with Gasteiger partial charge in [-0.2, -0.15) is 13.2 Å². The lowest BCUT2D eigenvalue weighted by molar-refractivity contribution is -0.137. The summed E-state index contributed by atoms with van der Waals surface area (Å²) in [5.74, 6) is -0.893. The number of alkyl halides is 3. The summed E-state index contributed by atoms with van der Waals surface area (Å²) in [4.78, 5) is 22.9. The highest BCUT2D eigenvalue weighted by Crippen LogP contribution is 2.39. The molecule has 8 nitrogen and oxygen atoms in total. The van der Waals surface area contributed by atoms with Crippen LogP contribution in [-0.2, 0) is 27.3 Å². The van der Waals surface area contributed by atoms with Crippen LogP contribution in [0.15, 0.2) is 41.3 Å². The quantitative estimate of drug-likeness (QED) is 0.281. The van der Waals surface area contributed by atoms with E-state index in [9.17, 15) is 26.4 Å². The first-order chi connectivity index (χ1) is 21.0. The van der Waals surface area contributed by atoms with E-state index in [-0.39, 0.29) is 50.7 Å². The van der Waals surface area contributed by atoms with Gasteiger partial charge in [0.15, 0.2) is 9.84 Å². The van der Waals surface area contributed by atoms with Gasteiger partial charge in [0.05, 0.1) is 42.3 Å². The molecule has 2 aliphatic rings. The normalized spacial score (nSPS) is 17.6. The number of hydrogen-bond donors (Lipinski definition) is 0. The number of sulfone groups is 1. The molecule has 44 heavy (non-hydrogen) atoms. The van der Waals surface area contributed by atoms with Gasteiger partial charge in [-0.3, -0.25) is 4.90 Å². The third-order valence-corrected chi connectivity index (χ3v) is 10.5. The lowest BCUT2D eigenvalue weighted by atomic mass is 9.94. The molecule has 0 radical (unpaired) electrons. The number of fused-ring (bicyclic) bond motifs is 1. The van der Waals surface area contributed by atoms with Gasteiger partial charge in [0.1, 0.15) is 10.6 Å². The molecule has 12 heteroatoms. The second-order valence-electron chi connectivity index (χ2n) is 11.4. The third kappa shape index (κ3) is 6.57. The zero-order chi connectivity index (χ0) is 31.6. The van der Waals surface area contributed by atoms with Crippen molar-refractivity contribution in [2.24, 2.45) is 0 Å². The molecule has 238 valence electrons. The molecule has 0 bridgehead atoms. The Morgan fingerprint density at radius 3 is 2.34 bits per heavy atom. The largest absolute Gasteiger partial charge is 0.495 e. The standard InChI is InChI=1S/C32H38F3N3O5S/c1-4-44(40,41)28-18-24-26(19-27(28)42-2)36-30(21-9-8-10-22(17-21)32(33,34)35)25(29(24)31(39)43-3)20-37-15-11-23(12-16-37)38-13-6-5-7-14-38/h8-10,17-19,23H,4-7,11-16,20H2,1-3H3. The number of esters is 1. The fourth-order valence-corrected chi connectivity index (χ4v) is 7.45. The number of carbonyl (C=O) groups excluding carboxylic acids is 1. The molecule has 2 aliphatic heterocycles. The number of carbonyl (C=O) groups is 1. The Morgan fingerprint density at radius 2 is 1.73 bits per heavy atom. The highest BCUT2D eigenvalue weighted by Gasteiger charge is 2.33. The summed E-state index contributed by atoms with van der Waals surface area (Å²) >= 11 is 0. The molecule has 0 spiro atoms. The number of piperidine rings is 2. The van der Waals surface area contributed by atoms with E-state index in [2.05, 4.69) is 9.80 Å². The Hall–Kier alpha value is -3.22. The second-order valence-corrected chi connectivity index (χ2v) is 13.7. The molecule has 2 aromatic carbocycles. The van der Waals surface area contributed by atoms with Crippen LogP contribution in [0.1, 0.15) is 60.5 Å². The molecule has 0 N–H and O–H groups in total. The number of rotatable bonds is 8. The van der Waals surface area contributed by atoms with Crippen molar-refractivity contribution in [2.45, 2.75) is 62.7 Å². The van der Waals surface area contributed by atoms with Crippen molar-refractivity contribution in [3.63, 3.8) is 0 Å². The van der Waals surface area contributed by atoms with Crippen molar-refractivity contribution in [2.75, 3.05) is 46.2 Å². The van der Waals surface area contributed by atoms with Crippen molar-refractivity contribution in [3.8, 4) is 17.0 Å². The molecular formula is C32H38F3N3O5S. The average Bonchev–Trinajstić information content (AvgIpc) is 3.03. The third-order valence-electron chi connectivity index (χ3n) is 8.79. The van der Waals surface area contributed by atoms with Gasteiger partial charge in [0.25, 0.3) is 0 Å². The van der Waals surface area contributed by atoms with E-state index in [1.807, 2.05) is 0 Å².